The number of rotatable bonds is 5. The van der Waals surface area contributed by atoms with Crippen molar-refractivity contribution in [3.8, 4) is 0 Å². The van der Waals surface area contributed by atoms with Gasteiger partial charge in [0, 0.05) is 13.2 Å². The van der Waals surface area contributed by atoms with E-state index < -0.39 is 11.2 Å². The van der Waals surface area contributed by atoms with Crippen LogP contribution in [0.5, 0.6) is 0 Å². The zero-order valence-electron chi connectivity index (χ0n) is 12.7. The van der Waals surface area contributed by atoms with Crippen molar-refractivity contribution in [3.63, 3.8) is 0 Å². The summed E-state index contributed by atoms with van der Waals surface area (Å²) < 4.78 is 6.88. The smallest absolute Gasteiger partial charge is 0.330 e. The molecule has 1 aliphatic rings. The normalized spacial score (nSPS) is 17.3. The van der Waals surface area contributed by atoms with Gasteiger partial charge in [0.1, 0.15) is 11.5 Å². The predicted molar refractivity (Wildman–Crippen MR) is 88.7 cm³/mol. The van der Waals surface area contributed by atoms with Crippen LogP contribution in [0.25, 0.3) is 0 Å². The molecule has 1 aliphatic heterocycles. The van der Waals surface area contributed by atoms with E-state index in [1.807, 2.05) is 30.3 Å². The van der Waals surface area contributed by atoms with Gasteiger partial charge >= 0.3 is 5.69 Å². The minimum atomic E-state index is -0.515. The average molecular weight is 316 g/mol. The summed E-state index contributed by atoms with van der Waals surface area (Å²) >= 11 is 0. The summed E-state index contributed by atoms with van der Waals surface area (Å²) in [7, 11) is 0. The maximum Gasteiger partial charge on any atom is 0.330 e. The second-order valence-corrected chi connectivity index (χ2v) is 5.61. The van der Waals surface area contributed by atoms with Crippen LogP contribution in [0.4, 0.5) is 11.5 Å². The molecule has 1 fully saturated rings. The van der Waals surface area contributed by atoms with Crippen LogP contribution < -0.4 is 22.3 Å². The summed E-state index contributed by atoms with van der Waals surface area (Å²) in [5.74, 6) is 0.139. The molecule has 1 saturated heterocycles. The molecular formula is C16H20N4O3. The van der Waals surface area contributed by atoms with Gasteiger partial charge in [-0.25, -0.2) is 4.79 Å². The van der Waals surface area contributed by atoms with Gasteiger partial charge in [-0.15, -0.1) is 0 Å². The van der Waals surface area contributed by atoms with E-state index in [-0.39, 0.29) is 17.6 Å². The second-order valence-electron chi connectivity index (χ2n) is 5.61. The van der Waals surface area contributed by atoms with E-state index >= 15 is 0 Å². The van der Waals surface area contributed by atoms with Crippen molar-refractivity contribution in [2.45, 2.75) is 25.5 Å². The van der Waals surface area contributed by atoms with Crippen molar-refractivity contribution in [1.29, 1.82) is 0 Å². The maximum atomic E-state index is 12.1. The van der Waals surface area contributed by atoms with Crippen molar-refractivity contribution in [2.75, 3.05) is 24.2 Å². The van der Waals surface area contributed by atoms with Crippen molar-refractivity contribution in [3.05, 3.63) is 56.7 Å². The lowest BCUT2D eigenvalue weighted by atomic mass is 10.2. The van der Waals surface area contributed by atoms with Crippen molar-refractivity contribution in [2.24, 2.45) is 0 Å². The van der Waals surface area contributed by atoms with E-state index in [0.717, 1.165) is 25.0 Å². The Kier molecular flexibility index (Phi) is 4.47. The molecule has 23 heavy (non-hydrogen) atoms. The predicted octanol–water partition coefficient (Wildman–Crippen LogP) is 0.758. The van der Waals surface area contributed by atoms with Crippen molar-refractivity contribution >= 4 is 11.5 Å². The topological polar surface area (TPSA) is 102 Å². The molecule has 0 spiro atoms. The van der Waals surface area contributed by atoms with Crippen LogP contribution in [-0.2, 0) is 11.3 Å². The third-order valence-electron chi connectivity index (χ3n) is 3.95. The number of aromatic amines is 1. The highest BCUT2D eigenvalue weighted by molar-refractivity contribution is 5.60. The third-order valence-corrected chi connectivity index (χ3v) is 3.95. The first-order valence-corrected chi connectivity index (χ1v) is 7.67. The summed E-state index contributed by atoms with van der Waals surface area (Å²) in [5, 5.41) is 3.02. The Morgan fingerprint density at radius 3 is 2.78 bits per heavy atom. The number of nitrogens with one attached hydrogen (secondary N) is 2. The number of ether oxygens (including phenoxy) is 1. The van der Waals surface area contributed by atoms with Crippen LogP contribution in [0.2, 0.25) is 0 Å². The molecule has 1 aromatic carbocycles. The molecule has 2 heterocycles. The Bertz CT molecular complexity index is 776. The molecule has 4 N–H and O–H groups in total. The highest BCUT2D eigenvalue weighted by atomic mass is 16.5. The number of aromatic nitrogens is 2. The first-order valence-electron chi connectivity index (χ1n) is 7.67. The van der Waals surface area contributed by atoms with Gasteiger partial charge in [-0.1, -0.05) is 30.3 Å². The van der Waals surface area contributed by atoms with Crippen LogP contribution in [0, 0.1) is 0 Å². The van der Waals surface area contributed by atoms with E-state index in [9.17, 15) is 9.59 Å². The molecular weight excluding hydrogens is 296 g/mol. The zero-order valence-corrected chi connectivity index (χ0v) is 12.7. The Morgan fingerprint density at radius 2 is 2.09 bits per heavy atom. The molecule has 3 rings (SSSR count). The summed E-state index contributed by atoms with van der Waals surface area (Å²) in [4.78, 5) is 26.4. The van der Waals surface area contributed by atoms with Gasteiger partial charge in [-0.05, 0) is 18.4 Å². The molecule has 122 valence electrons. The number of hydrogen-bond acceptors (Lipinski definition) is 5. The Morgan fingerprint density at radius 1 is 1.30 bits per heavy atom. The lowest BCUT2D eigenvalue weighted by Gasteiger charge is -2.16. The van der Waals surface area contributed by atoms with Crippen LogP contribution >= 0.6 is 0 Å². The van der Waals surface area contributed by atoms with Crippen molar-refractivity contribution in [1.82, 2.24) is 9.55 Å². The summed E-state index contributed by atoms with van der Waals surface area (Å²) in [6.07, 6.45) is 2.04. The Hall–Kier alpha value is -2.54. The first kappa shape index (κ1) is 15.4. The van der Waals surface area contributed by atoms with E-state index in [0.29, 0.717) is 13.1 Å². The standard InChI is InChI=1S/C16H20N4O3/c17-14-13(18-9-12-7-4-8-23-12)15(21)19-16(22)20(14)10-11-5-2-1-3-6-11/h1-3,5-6,12,18H,4,7-10,17H2,(H,19,21,22)/t12-/m0/s1. The highest BCUT2D eigenvalue weighted by Crippen LogP contribution is 2.15. The van der Waals surface area contributed by atoms with Crippen molar-refractivity contribution < 1.29 is 4.74 Å². The van der Waals surface area contributed by atoms with Crippen LogP contribution in [0.3, 0.4) is 0 Å². The lowest BCUT2D eigenvalue weighted by Crippen LogP contribution is -2.35. The molecule has 2 aromatic rings. The van der Waals surface area contributed by atoms with Gasteiger partial charge in [0.2, 0.25) is 0 Å². The first-order chi connectivity index (χ1) is 11.1. The number of H-pyrrole nitrogens is 1. The molecule has 0 aliphatic carbocycles. The van der Waals surface area contributed by atoms with E-state index in [1.54, 1.807) is 0 Å². The summed E-state index contributed by atoms with van der Waals surface area (Å²) in [6.45, 7) is 1.54. The Labute approximate surface area is 133 Å². The quantitative estimate of drug-likeness (QED) is 0.756. The molecule has 0 amide bonds. The summed E-state index contributed by atoms with van der Waals surface area (Å²) in [5.41, 5.74) is 6.19. The monoisotopic (exact) mass is 316 g/mol. The lowest BCUT2D eigenvalue weighted by molar-refractivity contribution is 0.120. The fraction of sp³-hybridized carbons (Fsp3) is 0.375. The maximum absolute atomic E-state index is 12.1. The fourth-order valence-electron chi connectivity index (χ4n) is 2.70. The number of anilines is 2. The fourth-order valence-corrected chi connectivity index (χ4v) is 2.70. The molecule has 1 atom stereocenters. The van der Waals surface area contributed by atoms with Crippen LogP contribution in [-0.4, -0.2) is 28.8 Å². The molecule has 0 bridgehead atoms. The molecule has 7 nitrogen and oxygen atoms in total. The van der Waals surface area contributed by atoms with Gasteiger partial charge in [-0.3, -0.25) is 14.3 Å². The van der Waals surface area contributed by atoms with E-state index in [2.05, 4.69) is 10.3 Å². The molecule has 7 heteroatoms. The van der Waals surface area contributed by atoms with E-state index in [4.69, 9.17) is 10.5 Å². The van der Waals surface area contributed by atoms with Crippen LogP contribution in [0.1, 0.15) is 18.4 Å². The number of hydrogen-bond donors (Lipinski definition) is 3. The second kappa shape index (κ2) is 6.70. The minimum Gasteiger partial charge on any atom is -0.383 e. The van der Waals surface area contributed by atoms with Gasteiger partial charge in [0.15, 0.2) is 0 Å². The van der Waals surface area contributed by atoms with Gasteiger partial charge in [0.05, 0.1) is 12.6 Å². The highest BCUT2D eigenvalue weighted by Gasteiger charge is 2.18. The molecule has 0 saturated carbocycles. The number of nitrogens with two attached hydrogens (primary N) is 1. The largest absolute Gasteiger partial charge is 0.383 e. The zero-order chi connectivity index (χ0) is 16.2. The summed E-state index contributed by atoms with van der Waals surface area (Å²) in [6, 6.07) is 9.47. The SMILES string of the molecule is Nc1c(NC[C@@H]2CCCO2)c(=O)[nH]c(=O)n1Cc1ccccc1. The molecule has 1 aromatic heterocycles. The Balaban J connectivity index is 1.86. The average Bonchev–Trinajstić information content (AvgIpc) is 3.05. The van der Waals surface area contributed by atoms with Crippen LogP contribution in [0.15, 0.2) is 39.9 Å². The van der Waals surface area contributed by atoms with Gasteiger partial charge < -0.3 is 15.8 Å². The number of benzene rings is 1. The molecule has 0 unspecified atom stereocenters. The number of nitrogen functional groups attached to an aromatic ring is 1. The van der Waals surface area contributed by atoms with Gasteiger partial charge in [0.25, 0.3) is 5.56 Å². The van der Waals surface area contributed by atoms with Gasteiger partial charge in [-0.2, -0.15) is 0 Å². The molecule has 0 radical (unpaired) electrons. The number of nitrogens with zero attached hydrogens (tertiary/aromatic N) is 1. The van der Waals surface area contributed by atoms with E-state index in [1.165, 1.54) is 4.57 Å². The third kappa shape index (κ3) is 3.45. The minimum absolute atomic E-state index is 0.0725.